The second kappa shape index (κ2) is 7.24. The molecule has 1 N–H and O–H groups in total. The lowest BCUT2D eigenvalue weighted by Gasteiger charge is -2.29. The fraction of sp³-hybridized carbons (Fsp3) is 0.600. The van der Waals surface area contributed by atoms with Crippen LogP contribution in [0.1, 0.15) is 30.1 Å². The van der Waals surface area contributed by atoms with Crippen molar-refractivity contribution in [2.45, 2.75) is 19.8 Å². The highest BCUT2D eigenvalue weighted by atomic mass is 16.5. The highest BCUT2D eigenvalue weighted by Gasteiger charge is 2.23. The van der Waals surface area contributed by atoms with Crippen molar-refractivity contribution in [2.75, 3.05) is 33.3 Å². The molecule has 2 rings (SSSR count). The SMILES string of the molecule is CCN(CC1CCNCC1)C(=O)c1cccnc1OC. The van der Waals surface area contributed by atoms with Crippen LogP contribution in [0.2, 0.25) is 0 Å². The summed E-state index contributed by atoms with van der Waals surface area (Å²) in [5, 5.41) is 3.35. The number of carbonyl (C=O) groups excluding carboxylic acids is 1. The van der Waals surface area contributed by atoms with Crippen LogP contribution in [0.4, 0.5) is 0 Å². The second-order valence-corrected chi connectivity index (χ2v) is 5.10. The molecule has 0 spiro atoms. The van der Waals surface area contributed by atoms with Gasteiger partial charge in [-0.25, -0.2) is 4.98 Å². The molecule has 1 fully saturated rings. The van der Waals surface area contributed by atoms with Gasteiger partial charge >= 0.3 is 0 Å². The van der Waals surface area contributed by atoms with Crippen molar-refractivity contribution in [3.63, 3.8) is 0 Å². The number of hydrogen-bond donors (Lipinski definition) is 1. The molecule has 1 saturated heterocycles. The predicted molar refractivity (Wildman–Crippen MR) is 78.0 cm³/mol. The van der Waals surface area contributed by atoms with Crippen molar-refractivity contribution in [1.29, 1.82) is 0 Å². The van der Waals surface area contributed by atoms with Gasteiger partial charge in [-0.05, 0) is 50.9 Å². The average Bonchev–Trinajstić information content (AvgIpc) is 2.53. The summed E-state index contributed by atoms with van der Waals surface area (Å²) >= 11 is 0. The minimum Gasteiger partial charge on any atom is -0.480 e. The number of rotatable bonds is 5. The lowest BCUT2D eigenvalue weighted by Crippen LogP contribution is -2.39. The Kier molecular flexibility index (Phi) is 5.35. The summed E-state index contributed by atoms with van der Waals surface area (Å²) in [6, 6.07) is 3.55. The van der Waals surface area contributed by atoms with Crippen LogP contribution in [0.15, 0.2) is 18.3 Å². The zero-order valence-electron chi connectivity index (χ0n) is 12.3. The fourth-order valence-electron chi connectivity index (χ4n) is 2.62. The topological polar surface area (TPSA) is 54.5 Å². The number of piperidine rings is 1. The molecule has 0 aromatic carbocycles. The van der Waals surface area contributed by atoms with Crippen molar-refractivity contribution in [2.24, 2.45) is 5.92 Å². The molecule has 5 heteroatoms. The smallest absolute Gasteiger partial charge is 0.259 e. The van der Waals surface area contributed by atoms with Gasteiger partial charge < -0.3 is 15.0 Å². The van der Waals surface area contributed by atoms with Crippen LogP contribution in [0.5, 0.6) is 5.88 Å². The molecule has 1 aromatic rings. The molecule has 0 radical (unpaired) electrons. The van der Waals surface area contributed by atoms with E-state index in [9.17, 15) is 4.79 Å². The zero-order chi connectivity index (χ0) is 14.4. The highest BCUT2D eigenvalue weighted by molar-refractivity contribution is 5.96. The zero-order valence-corrected chi connectivity index (χ0v) is 12.3. The first-order chi connectivity index (χ1) is 9.76. The van der Waals surface area contributed by atoms with Crippen molar-refractivity contribution < 1.29 is 9.53 Å². The molecular formula is C15H23N3O2. The summed E-state index contributed by atoms with van der Waals surface area (Å²) in [7, 11) is 1.54. The summed E-state index contributed by atoms with van der Waals surface area (Å²) in [5.41, 5.74) is 0.547. The van der Waals surface area contributed by atoms with Crippen LogP contribution in [0.3, 0.4) is 0 Å². The Bertz CT molecular complexity index is 444. The monoisotopic (exact) mass is 277 g/mol. The standard InChI is InChI=1S/C15H23N3O2/c1-3-18(11-12-6-9-16-10-7-12)15(19)13-5-4-8-17-14(13)20-2/h4-5,8,12,16H,3,6-7,9-11H2,1-2H3. The van der Waals surface area contributed by atoms with Crippen LogP contribution in [-0.2, 0) is 0 Å². The number of nitrogens with one attached hydrogen (secondary N) is 1. The Morgan fingerprint density at radius 2 is 2.25 bits per heavy atom. The number of aromatic nitrogens is 1. The van der Waals surface area contributed by atoms with E-state index < -0.39 is 0 Å². The molecule has 2 heterocycles. The quantitative estimate of drug-likeness (QED) is 0.887. The van der Waals surface area contributed by atoms with Gasteiger partial charge in [-0.2, -0.15) is 0 Å². The van der Waals surface area contributed by atoms with Crippen LogP contribution in [0.25, 0.3) is 0 Å². The number of pyridine rings is 1. The number of ether oxygens (including phenoxy) is 1. The summed E-state index contributed by atoms with van der Waals surface area (Å²) in [6.45, 7) is 5.64. The first-order valence-electron chi connectivity index (χ1n) is 7.25. The third kappa shape index (κ3) is 3.48. The van der Waals surface area contributed by atoms with Gasteiger partial charge in [0, 0.05) is 19.3 Å². The molecule has 20 heavy (non-hydrogen) atoms. The van der Waals surface area contributed by atoms with E-state index in [1.54, 1.807) is 25.4 Å². The molecule has 0 bridgehead atoms. The lowest BCUT2D eigenvalue weighted by atomic mass is 9.97. The molecule has 0 atom stereocenters. The van der Waals surface area contributed by atoms with Gasteiger partial charge in [-0.15, -0.1) is 0 Å². The predicted octanol–water partition coefficient (Wildman–Crippen LogP) is 1.55. The van der Waals surface area contributed by atoms with Gasteiger partial charge in [0.2, 0.25) is 5.88 Å². The van der Waals surface area contributed by atoms with Crippen LogP contribution in [0, 0.1) is 5.92 Å². The van der Waals surface area contributed by atoms with E-state index in [4.69, 9.17) is 4.74 Å². The van der Waals surface area contributed by atoms with E-state index in [0.717, 1.165) is 32.5 Å². The van der Waals surface area contributed by atoms with Crippen LogP contribution >= 0.6 is 0 Å². The fourth-order valence-corrected chi connectivity index (χ4v) is 2.62. The van der Waals surface area contributed by atoms with Crippen LogP contribution < -0.4 is 10.1 Å². The first-order valence-corrected chi connectivity index (χ1v) is 7.25. The Balaban J connectivity index is 2.07. The maximum absolute atomic E-state index is 12.6. The number of hydrogen-bond acceptors (Lipinski definition) is 4. The molecule has 1 aromatic heterocycles. The molecule has 1 amide bonds. The average molecular weight is 277 g/mol. The third-order valence-electron chi connectivity index (χ3n) is 3.80. The van der Waals surface area contributed by atoms with E-state index in [1.807, 2.05) is 11.8 Å². The summed E-state index contributed by atoms with van der Waals surface area (Å²) in [4.78, 5) is 18.6. The molecule has 5 nitrogen and oxygen atoms in total. The van der Waals surface area contributed by atoms with Gasteiger partial charge in [-0.3, -0.25) is 4.79 Å². The second-order valence-electron chi connectivity index (χ2n) is 5.10. The van der Waals surface area contributed by atoms with Crippen LogP contribution in [-0.4, -0.2) is 49.1 Å². The van der Waals surface area contributed by atoms with Gasteiger partial charge in [-0.1, -0.05) is 0 Å². The minimum absolute atomic E-state index is 0.0102. The third-order valence-corrected chi connectivity index (χ3v) is 3.80. The minimum atomic E-state index is 0.0102. The van der Waals surface area contributed by atoms with Crippen molar-refractivity contribution in [3.05, 3.63) is 23.9 Å². The Morgan fingerprint density at radius 3 is 2.90 bits per heavy atom. The largest absolute Gasteiger partial charge is 0.480 e. The molecule has 110 valence electrons. The van der Waals surface area contributed by atoms with E-state index >= 15 is 0 Å². The van der Waals surface area contributed by atoms with E-state index in [2.05, 4.69) is 10.3 Å². The van der Waals surface area contributed by atoms with E-state index in [0.29, 0.717) is 23.9 Å². The van der Waals surface area contributed by atoms with Gasteiger partial charge in [0.15, 0.2) is 0 Å². The molecule has 0 aliphatic carbocycles. The Labute approximate surface area is 120 Å². The molecule has 1 aliphatic heterocycles. The van der Waals surface area contributed by atoms with Gasteiger partial charge in [0.25, 0.3) is 5.91 Å². The summed E-state index contributed by atoms with van der Waals surface area (Å²) in [5.74, 6) is 1.00. The molecule has 0 unspecified atom stereocenters. The maximum atomic E-state index is 12.6. The first kappa shape index (κ1) is 14.8. The van der Waals surface area contributed by atoms with Crippen molar-refractivity contribution in [1.82, 2.24) is 15.2 Å². The van der Waals surface area contributed by atoms with Crippen molar-refractivity contribution >= 4 is 5.91 Å². The number of amides is 1. The van der Waals surface area contributed by atoms with E-state index in [1.165, 1.54) is 0 Å². The Morgan fingerprint density at radius 1 is 1.50 bits per heavy atom. The highest BCUT2D eigenvalue weighted by Crippen LogP contribution is 2.19. The van der Waals surface area contributed by atoms with E-state index in [-0.39, 0.29) is 5.91 Å². The Hall–Kier alpha value is -1.62. The lowest BCUT2D eigenvalue weighted by molar-refractivity contribution is 0.0722. The van der Waals surface area contributed by atoms with Gasteiger partial charge in [0.1, 0.15) is 5.56 Å². The molecule has 0 saturated carbocycles. The molecule has 1 aliphatic rings. The summed E-state index contributed by atoms with van der Waals surface area (Å²) in [6.07, 6.45) is 3.90. The summed E-state index contributed by atoms with van der Waals surface area (Å²) < 4.78 is 5.18. The maximum Gasteiger partial charge on any atom is 0.259 e. The van der Waals surface area contributed by atoms with Gasteiger partial charge in [0.05, 0.1) is 7.11 Å². The number of carbonyl (C=O) groups is 1. The molecular weight excluding hydrogens is 254 g/mol. The number of nitrogens with zero attached hydrogens (tertiary/aromatic N) is 2. The van der Waals surface area contributed by atoms with Crippen molar-refractivity contribution in [3.8, 4) is 5.88 Å². The number of methoxy groups -OCH3 is 1. The normalized spacial score (nSPS) is 15.9.